The Morgan fingerprint density at radius 1 is 1.05 bits per heavy atom. The quantitative estimate of drug-likeness (QED) is 0.871. The molecule has 3 heteroatoms. The molecule has 0 bridgehead atoms. The van der Waals surface area contributed by atoms with Crippen molar-refractivity contribution in [2.24, 2.45) is 0 Å². The predicted molar refractivity (Wildman–Crippen MR) is 84.6 cm³/mol. The van der Waals surface area contributed by atoms with Gasteiger partial charge >= 0.3 is 0 Å². The fraction of sp³-hybridized carbons (Fsp3) is 0.278. The molecule has 2 rings (SSSR count). The molecule has 1 N–H and O–H groups in total. The van der Waals surface area contributed by atoms with Gasteiger partial charge in [-0.25, -0.2) is 0 Å². The summed E-state index contributed by atoms with van der Waals surface area (Å²) in [5.41, 5.74) is 1.77. The summed E-state index contributed by atoms with van der Waals surface area (Å²) in [7, 11) is 0. The van der Waals surface area contributed by atoms with Crippen LogP contribution in [-0.2, 0) is 0 Å². The van der Waals surface area contributed by atoms with Gasteiger partial charge < -0.3 is 10.1 Å². The molecule has 0 fully saturated rings. The number of amides is 1. The van der Waals surface area contributed by atoms with Crippen LogP contribution in [0.1, 0.15) is 42.2 Å². The highest BCUT2D eigenvalue weighted by molar-refractivity contribution is 5.94. The molecule has 0 aliphatic rings. The van der Waals surface area contributed by atoms with Crippen LogP contribution in [0.3, 0.4) is 0 Å². The SMILES string of the molecule is CCOc1ccc(C(=O)N[C@H](CC)c2ccccc2)cc1. The van der Waals surface area contributed by atoms with E-state index >= 15 is 0 Å². The summed E-state index contributed by atoms with van der Waals surface area (Å²) in [6, 6.07) is 17.3. The number of rotatable bonds is 6. The van der Waals surface area contributed by atoms with Crippen molar-refractivity contribution in [3.63, 3.8) is 0 Å². The minimum absolute atomic E-state index is 0.0327. The Morgan fingerprint density at radius 2 is 1.71 bits per heavy atom. The molecule has 2 aromatic rings. The topological polar surface area (TPSA) is 38.3 Å². The molecule has 110 valence electrons. The van der Waals surface area contributed by atoms with E-state index in [2.05, 4.69) is 12.2 Å². The van der Waals surface area contributed by atoms with Gasteiger partial charge in [-0.2, -0.15) is 0 Å². The maximum atomic E-state index is 12.3. The van der Waals surface area contributed by atoms with Crippen LogP contribution >= 0.6 is 0 Å². The Hall–Kier alpha value is -2.29. The van der Waals surface area contributed by atoms with E-state index in [9.17, 15) is 4.79 Å². The van der Waals surface area contributed by atoms with Gasteiger partial charge in [0.15, 0.2) is 0 Å². The molecular formula is C18H21NO2. The van der Waals surface area contributed by atoms with Crippen molar-refractivity contribution in [2.75, 3.05) is 6.61 Å². The van der Waals surface area contributed by atoms with Gasteiger partial charge in [0.1, 0.15) is 5.75 Å². The van der Waals surface area contributed by atoms with Gasteiger partial charge in [-0.3, -0.25) is 4.79 Å². The van der Waals surface area contributed by atoms with E-state index in [-0.39, 0.29) is 11.9 Å². The smallest absolute Gasteiger partial charge is 0.251 e. The molecule has 0 aromatic heterocycles. The first-order valence-electron chi connectivity index (χ1n) is 7.33. The van der Waals surface area contributed by atoms with E-state index in [1.807, 2.05) is 49.4 Å². The molecule has 0 heterocycles. The highest BCUT2D eigenvalue weighted by Gasteiger charge is 2.13. The van der Waals surface area contributed by atoms with Crippen LogP contribution in [0.15, 0.2) is 54.6 Å². The zero-order valence-corrected chi connectivity index (χ0v) is 12.5. The fourth-order valence-corrected chi connectivity index (χ4v) is 2.22. The second-order valence-electron chi connectivity index (χ2n) is 4.80. The molecule has 2 aromatic carbocycles. The maximum absolute atomic E-state index is 12.3. The van der Waals surface area contributed by atoms with E-state index in [1.165, 1.54) is 0 Å². The van der Waals surface area contributed by atoms with Gasteiger partial charge in [-0.1, -0.05) is 37.3 Å². The van der Waals surface area contributed by atoms with Gasteiger partial charge in [0.05, 0.1) is 12.6 Å². The first kappa shape index (κ1) is 15.1. The number of ether oxygens (including phenoxy) is 1. The number of hydrogen-bond acceptors (Lipinski definition) is 2. The molecule has 1 atom stereocenters. The van der Waals surface area contributed by atoms with Gasteiger partial charge in [0, 0.05) is 5.56 Å². The first-order chi connectivity index (χ1) is 10.2. The first-order valence-corrected chi connectivity index (χ1v) is 7.33. The van der Waals surface area contributed by atoms with Crippen LogP contribution in [0.5, 0.6) is 5.75 Å². The van der Waals surface area contributed by atoms with Crippen molar-refractivity contribution in [3.05, 3.63) is 65.7 Å². The lowest BCUT2D eigenvalue weighted by molar-refractivity contribution is 0.0935. The van der Waals surface area contributed by atoms with E-state index in [4.69, 9.17) is 4.74 Å². The summed E-state index contributed by atoms with van der Waals surface area (Å²) < 4.78 is 5.38. The molecule has 0 aliphatic carbocycles. The van der Waals surface area contributed by atoms with Crippen LogP contribution in [0.4, 0.5) is 0 Å². The number of hydrogen-bond donors (Lipinski definition) is 1. The lowest BCUT2D eigenvalue weighted by atomic mass is 10.0. The second kappa shape index (κ2) is 7.48. The van der Waals surface area contributed by atoms with E-state index in [0.29, 0.717) is 12.2 Å². The van der Waals surface area contributed by atoms with Crippen molar-refractivity contribution in [3.8, 4) is 5.75 Å². The summed E-state index contributed by atoms with van der Waals surface area (Å²) in [6.45, 7) is 4.62. The largest absolute Gasteiger partial charge is 0.494 e. The molecule has 0 saturated carbocycles. The Labute approximate surface area is 126 Å². The standard InChI is InChI=1S/C18H21NO2/c1-3-17(14-8-6-5-7-9-14)19-18(20)15-10-12-16(13-11-15)21-4-2/h5-13,17H,3-4H2,1-2H3,(H,19,20)/t17-/m1/s1. The normalized spacial score (nSPS) is 11.7. The highest BCUT2D eigenvalue weighted by atomic mass is 16.5. The second-order valence-corrected chi connectivity index (χ2v) is 4.80. The summed E-state index contributed by atoms with van der Waals surface area (Å²) in [6.07, 6.45) is 0.854. The van der Waals surface area contributed by atoms with Crippen LogP contribution in [0.2, 0.25) is 0 Å². The van der Waals surface area contributed by atoms with Gasteiger partial charge in [0.2, 0.25) is 0 Å². The van der Waals surface area contributed by atoms with Crippen LogP contribution in [-0.4, -0.2) is 12.5 Å². The number of nitrogens with one attached hydrogen (secondary N) is 1. The average molecular weight is 283 g/mol. The fourth-order valence-electron chi connectivity index (χ4n) is 2.22. The predicted octanol–water partition coefficient (Wildman–Crippen LogP) is 3.97. The minimum Gasteiger partial charge on any atom is -0.494 e. The monoisotopic (exact) mass is 283 g/mol. The molecular weight excluding hydrogens is 262 g/mol. The van der Waals surface area contributed by atoms with E-state index in [0.717, 1.165) is 17.7 Å². The Bertz CT molecular complexity index is 564. The van der Waals surface area contributed by atoms with Crippen molar-refractivity contribution in [1.29, 1.82) is 0 Å². The third kappa shape index (κ3) is 4.09. The number of carbonyl (C=O) groups excluding carboxylic acids is 1. The number of carbonyl (C=O) groups is 1. The summed E-state index contributed by atoms with van der Waals surface area (Å²) in [4.78, 5) is 12.3. The van der Waals surface area contributed by atoms with E-state index in [1.54, 1.807) is 12.1 Å². The molecule has 0 radical (unpaired) electrons. The molecule has 21 heavy (non-hydrogen) atoms. The zero-order chi connectivity index (χ0) is 15.1. The Balaban J connectivity index is 2.05. The molecule has 1 amide bonds. The Morgan fingerprint density at radius 3 is 2.29 bits per heavy atom. The van der Waals surface area contributed by atoms with Crippen LogP contribution in [0, 0.1) is 0 Å². The highest BCUT2D eigenvalue weighted by Crippen LogP contribution is 2.18. The lowest BCUT2D eigenvalue weighted by Crippen LogP contribution is -2.28. The molecule has 0 unspecified atom stereocenters. The maximum Gasteiger partial charge on any atom is 0.251 e. The van der Waals surface area contributed by atoms with Crippen molar-refractivity contribution in [2.45, 2.75) is 26.3 Å². The number of benzene rings is 2. The van der Waals surface area contributed by atoms with Crippen molar-refractivity contribution < 1.29 is 9.53 Å². The van der Waals surface area contributed by atoms with Crippen molar-refractivity contribution >= 4 is 5.91 Å². The van der Waals surface area contributed by atoms with E-state index < -0.39 is 0 Å². The van der Waals surface area contributed by atoms with Crippen LogP contribution in [0.25, 0.3) is 0 Å². The van der Waals surface area contributed by atoms with Crippen molar-refractivity contribution in [1.82, 2.24) is 5.32 Å². The summed E-state index contributed by atoms with van der Waals surface area (Å²) in [5, 5.41) is 3.07. The van der Waals surface area contributed by atoms with Gasteiger partial charge in [-0.15, -0.1) is 0 Å². The zero-order valence-electron chi connectivity index (χ0n) is 12.5. The molecule has 0 aliphatic heterocycles. The summed E-state index contributed by atoms with van der Waals surface area (Å²) >= 11 is 0. The molecule has 0 saturated heterocycles. The lowest BCUT2D eigenvalue weighted by Gasteiger charge is -2.17. The average Bonchev–Trinajstić information content (AvgIpc) is 2.54. The Kier molecular flexibility index (Phi) is 5.38. The van der Waals surface area contributed by atoms with Crippen LogP contribution < -0.4 is 10.1 Å². The minimum atomic E-state index is -0.0613. The molecule has 3 nitrogen and oxygen atoms in total. The third-order valence-corrected chi connectivity index (χ3v) is 3.34. The summed E-state index contributed by atoms with van der Waals surface area (Å²) in [5.74, 6) is 0.720. The molecule has 0 spiro atoms. The van der Waals surface area contributed by atoms with Gasteiger partial charge in [0.25, 0.3) is 5.91 Å². The van der Waals surface area contributed by atoms with Gasteiger partial charge in [-0.05, 0) is 43.2 Å². The third-order valence-electron chi connectivity index (χ3n) is 3.34.